The number of amides is 2. The first-order chi connectivity index (χ1) is 17.5. The summed E-state index contributed by atoms with van der Waals surface area (Å²) < 4.78 is 5.88. The lowest BCUT2D eigenvalue weighted by Crippen LogP contribution is -2.30. The maximum atomic E-state index is 12.8. The molecule has 1 fully saturated rings. The van der Waals surface area contributed by atoms with E-state index in [9.17, 15) is 4.79 Å². The van der Waals surface area contributed by atoms with Gasteiger partial charge in [-0.25, -0.2) is 14.8 Å². The van der Waals surface area contributed by atoms with Crippen LogP contribution in [0.4, 0.5) is 22.1 Å². The summed E-state index contributed by atoms with van der Waals surface area (Å²) >= 11 is 0. The number of anilines is 3. The molecule has 0 aliphatic carbocycles. The molecule has 0 spiro atoms. The molecule has 0 radical (unpaired) electrons. The van der Waals surface area contributed by atoms with Crippen LogP contribution in [-0.2, 0) is 13.1 Å². The van der Waals surface area contributed by atoms with Crippen LogP contribution in [0.15, 0.2) is 54.7 Å². The van der Waals surface area contributed by atoms with Gasteiger partial charge in [-0.05, 0) is 73.8 Å². The van der Waals surface area contributed by atoms with E-state index in [2.05, 4.69) is 51.5 Å². The Morgan fingerprint density at radius 1 is 1.00 bits per heavy atom. The minimum absolute atomic E-state index is 0.139. The Morgan fingerprint density at radius 3 is 2.44 bits per heavy atom. The van der Waals surface area contributed by atoms with Gasteiger partial charge in [-0.3, -0.25) is 4.90 Å². The molecule has 2 amide bonds. The van der Waals surface area contributed by atoms with Crippen LogP contribution in [0.2, 0.25) is 0 Å². The third-order valence-electron chi connectivity index (χ3n) is 6.76. The van der Waals surface area contributed by atoms with Gasteiger partial charge in [0.2, 0.25) is 5.95 Å². The molecule has 8 nitrogen and oxygen atoms in total. The number of ether oxygens (including phenoxy) is 1. The lowest BCUT2D eigenvalue weighted by atomic mass is 10.0. The molecule has 188 valence electrons. The number of likely N-dealkylation sites (tertiary alicyclic amines) is 1. The van der Waals surface area contributed by atoms with Crippen molar-refractivity contribution in [2.24, 2.45) is 0 Å². The molecule has 0 saturated carbocycles. The van der Waals surface area contributed by atoms with Crippen molar-refractivity contribution in [2.45, 2.75) is 45.7 Å². The summed E-state index contributed by atoms with van der Waals surface area (Å²) in [5.74, 6) is 1.83. The van der Waals surface area contributed by atoms with Gasteiger partial charge in [0.15, 0.2) is 0 Å². The van der Waals surface area contributed by atoms with E-state index in [4.69, 9.17) is 4.74 Å². The number of carbonyl (C=O) groups is 1. The number of hydrogen-bond donors (Lipinski definition) is 2. The number of rotatable bonds is 8. The quantitative estimate of drug-likeness (QED) is 0.446. The van der Waals surface area contributed by atoms with Crippen molar-refractivity contribution in [3.63, 3.8) is 0 Å². The fourth-order valence-corrected chi connectivity index (χ4v) is 4.57. The Balaban J connectivity index is 1.12. The normalized spacial score (nSPS) is 15.2. The van der Waals surface area contributed by atoms with Crippen LogP contribution in [0.25, 0.3) is 0 Å². The van der Waals surface area contributed by atoms with Crippen molar-refractivity contribution in [2.75, 3.05) is 36.9 Å². The third kappa shape index (κ3) is 5.94. The van der Waals surface area contributed by atoms with E-state index < -0.39 is 0 Å². The molecule has 5 rings (SSSR count). The molecule has 36 heavy (non-hydrogen) atoms. The SMILES string of the molecule is CC(C)c1ccc(NC(=O)N2Cc3cnc(Nc4ccc(OCCN5CCCC5)cc4)nc3C2)cc1. The minimum Gasteiger partial charge on any atom is -0.492 e. The van der Waals surface area contributed by atoms with Crippen molar-refractivity contribution >= 4 is 23.4 Å². The number of nitrogens with one attached hydrogen (secondary N) is 2. The Labute approximate surface area is 212 Å². The molecule has 0 bridgehead atoms. The minimum atomic E-state index is -0.139. The van der Waals surface area contributed by atoms with E-state index in [1.54, 1.807) is 11.1 Å². The molecule has 2 N–H and O–H groups in total. The maximum Gasteiger partial charge on any atom is 0.322 e. The van der Waals surface area contributed by atoms with Gasteiger partial charge in [0.25, 0.3) is 0 Å². The number of urea groups is 1. The van der Waals surface area contributed by atoms with E-state index in [1.807, 2.05) is 36.4 Å². The monoisotopic (exact) mass is 486 g/mol. The van der Waals surface area contributed by atoms with Crippen molar-refractivity contribution in [1.29, 1.82) is 0 Å². The summed E-state index contributed by atoms with van der Waals surface area (Å²) in [5.41, 5.74) is 4.75. The molecular formula is C28H34N6O2. The van der Waals surface area contributed by atoms with Crippen LogP contribution < -0.4 is 15.4 Å². The molecule has 0 unspecified atom stereocenters. The number of fused-ring (bicyclic) bond motifs is 1. The van der Waals surface area contributed by atoms with Gasteiger partial charge >= 0.3 is 6.03 Å². The van der Waals surface area contributed by atoms with Gasteiger partial charge in [-0.2, -0.15) is 0 Å². The predicted octanol–water partition coefficient (Wildman–Crippen LogP) is 5.37. The second kappa shape index (κ2) is 11.0. The Bertz CT molecular complexity index is 1170. The standard InChI is InChI=1S/C28H34N6O2/c1-20(2)21-5-7-24(8-6-21)31-28(35)34-18-22-17-29-27(32-26(22)19-34)30-23-9-11-25(12-10-23)36-16-15-33-13-3-4-14-33/h5-12,17,20H,3-4,13-16,18-19H2,1-2H3,(H,31,35)(H,29,30,32). The summed E-state index contributed by atoms with van der Waals surface area (Å²) in [6, 6.07) is 15.7. The molecule has 0 atom stereocenters. The Hall–Kier alpha value is -3.65. The molecule has 1 saturated heterocycles. The lowest BCUT2D eigenvalue weighted by Gasteiger charge is -2.16. The number of carbonyl (C=O) groups excluding carboxylic acids is 1. The summed E-state index contributed by atoms with van der Waals surface area (Å²) in [6.45, 7) is 9.29. The molecule has 2 aliphatic heterocycles. The van der Waals surface area contributed by atoms with Crippen molar-refractivity contribution < 1.29 is 9.53 Å². The summed E-state index contributed by atoms with van der Waals surface area (Å²) in [5, 5.41) is 6.24. The molecule has 3 heterocycles. The van der Waals surface area contributed by atoms with Crippen LogP contribution in [-0.4, -0.2) is 52.0 Å². The average molecular weight is 487 g/mol. The largest absolute Gasteiger partial charge is 0.492 e. The van der Waals surface area contributed by atoms with Gasteiger partial charge < -0.3 is 20.3 Å². The van der Waals surface area contributed by atoms with Crippen LogP contribution in [0.3, 0.4) is 0 Å². The first-order valence-corrected chi connectivity index (χ1v) is 12.8. The van der Waals surface area contributed by atoms with Gasteiger partial charge in [0.05, 0.1) is 18.8 Å². The smallest absolute Gasteiger partial charge is 0.322 e. The predicted molar refractivity (Wildman–Crippen MR) is 142 cm³/mol. The zero-order valence-electron chi connectivity index (χ0n) is 21.0. The summed E-state index contributed by atoms with van der Waals surface area (Å²) in [4.78, 5) is 26.1. The van der Waals surface area contributed by atoms with Crippen LogP contribution in [0.1, 0.15) is 49.4 Å². The van der Waals surface area contributed by atoms with Gasteiger partial charge in [-0.15, -0.1) is 0 Å². The van der Waals surface area contributed by atoms with Crippen molar-refractivity contribution in [3.8, 4) is 5.75 Å². The lowest BCUT2D eigenvalue weighted by molar-refractivity contribution is 0.212. The maximum absolute atomic E-state index is 12.8. The second-order valence-corrected chi connectivity index (χ2v) is 9.78. The molecule has 8 heteroatoms. The van der Waals surface area contributed by atoms with Crippen molar-refractivity contribution in [3.05, 3.63) is 71.5 Å². The van der Waals surface area contributed by atoms with Crippen LogP contribution in [0.5, 0.6) is 5.75 Å². The highest BCUT2D eigenvalue weighted by Crippen LogP contribution is 2.25. The molecule has 3 aromatic rings. The van der Waals surface area contributed by atoms with Crippen molar-refractivity contribution in [1.82, 2.24) is 19.8 Å². The van der Waals surface area contributed by atoms with Crippen LogP contribution >= 0.6 is 0 Å². The fraction of sp³-hybridized carbons (Fsp3) is 0.393. The first kappa shape index (κ1) is 24.1. The highest BCUT2D eigenvalue weighted by atomic mass is 16.5. The number of benzene rings is 2. The van der Waals surface area contributed by atoms with E-state index in [-0.39, 0.29) is 6.03 Å². The highest BCUT2D eigenvalue weighted by Gasteiger charge is 2.25. The van der Waals surface area contributed by atoms with E-state index in [0.29, 0.717) is 31.6 Å². The summed E-state index contributed by atoms with van der Waals surface area (Å²) in [7, 11) is 0. The molecule has 2 aliphatic rings. The fourth-order valence-electron chi connectivity index (χ4n) is 4.57. The summed E-state index contributed by atoms with van der Waals surface area (Å²) in [6.07, 6.45) is 4.39. The third-order valence-corrected chi connectivity index (χ3v) is 6.76. The van der Waals surface area contributed by atoms with E-state index in [0.717, 1.165) is 34.9 Å². The van der Waals surface area contributed by atoms with Gasteiger partial charge in [0, 0.05) is 29.7 Å². The van der Waals surface area contributed by atoms with Gasteiger partial charge in [-0.1, -0.05) is 26.0 Å². The van der Waals surface area contributed by atoms with Gasteiger partial charge in [0.1, 0.15) is 12.4 Å². The van der Waals surface area contributed by atoms with Crippen LogP contribution in [0, 0.1) is 0 Å². The Kier molecular flexibility index (Phi) is 7.32. The topological polar surface area (TPSA) is 82.6 Å². The second-order valence-electron chi connectivity index (χ2n) is 9.78. The highest BCUT2D eigenvalue weighted by molar-refractivity contribution is 5.89. The zero-order chi connectivity index (χ0) is 24.9. The number of hydrogen-bond acceptors (Lipinski definition) is 6. The first-order valence-electron chi connectivity index (χ1n) is 12.8. The Morgan fingerprint density at radius 2 is 1.72 bits per heavy atom. The van der Waals surface area contributed by atoms with E-state index in [1.165, 1.54) is 31.5 Å². The number of aromatic nitrogens is 2. The zero-order valence-corrected chi connectivity index (χ0v) is 21.0. The molecule has 1 aromatic heterocycles. The molecule has 2 aromatic carbocycles. The molecular weight excluding hydrogens is 452 g/mol. The van der Waals surface area contributed by atoms with E-state index >= 15 is 0 Å². The number of nitrogens with zero attached hydrogens (tertiary/aromatic N) is 4. The average Bonchev–Trinajstić information content (AvgIpc) is 3.55.